The Morgan fingerprint density at radius 2 is 1.96 bits per heavy atom. The smallest absolute Gasteiger partial charge is 0.330 e. The monoisotopic (exact) mass is 321 g/mol. The second-order valence-corrected chi connectivity index (χ2v) is 6.78. The Balaban J connectivity index is 1.95. The fourth-order valence-corrected chi connectivity index (χ4v) is 2.34. The van der Waals surface area contributed by atoms with Gasteiger partial charge in [-0.3, -0.25) is 0 Å². The van der Waals surface area contributed by atoms with Gasteiger partial charge in [0.1, 0.15) is 6.10 Å². The van der Waals surface area contributed by atoms with Crippen molar-refractivity contribution in [3.05, 3.63) is 24.3 Å². The molecule has 0 saturated carbocycles. The number of rotatable bonds is 5. The summed E-state index contributed by atoms with van der Waals surface area (Å²) < 4.78 is 11.7. The summed E-state index contributed by atoms with van der Waals surface area (Å²) in [5.41, 5.74) is -0.505. The Morgan fingerprint density at radius 1 is 1.26 bits per heavy atom. The van der Waals surface area contributed by atoms with E-state index in [-0.39, 0.29) is 12.1 Å². The van der Waals surface area contributed by atoms with Gasteiger partial charge in [0.15, 0.2) is 11.5 Å². The zero-order valence-electron chi connectivity index (χ0n) is 14.5. The average molecular weight is 321 g/mol. The molecule has 0 radical (unpaired) electrons. The van der Waals surface area contributed by atoms with Crippen LogP contribution in [0.5, 0.6) is 11.5 Å². The molecule has 0 aliphatic carbocycles. The third-order valence-electron chi connectivity index (χ3n) is 3.61. The quantitative estimate of drug-likeness (QED) is 0.831. The first-order valence-corrected chi connectivity index (χ1v) is 8.26. The van der Waals surface area contributed by atoms with Gasteiger partial charge in [-0.1, -0.05) is 12.1 Å². The average Bonchev–Trinajstić information content (AvgIpc) is 2.49. The third-order valence-corrected chi connectivity index (χ3v) is 3.61. The fourth-order valence-electron chi connectivity index (χ4n) is 2.34. The molecule has 5 heteroatoms. The van der Waals surface area contributed by atoms with Gasteiger partial charge in [-0.2, -0.15) is 0 Å². The number of nitrogens with zero attached hydrogens (tertiary/aromatic N) is 1. The standard InChI is InChI=1S/C18H27NO4/c1-5-21-15-10-6-7-11-16(15)22-14-9-8-12-19(13-14)23-17(20)18(2,3)4/h6-7,10-11,14H,5,8-9,12-13H2,1-4H3. The van der Waals surface area contributed by atoms with Crippen molar-refractivity contribution in [2.45, 2.75) is 46.6 Å². The molecule has 1 saturated heterocycles. The molecule has 0 N–H and O–H groups in total. The van der Waals surface area contributed by atoms with E-state index >= 15 is 0 Å². The van der Waals surface area contributed by atoms with E-state index in [2.05, 4.69) is 0 Å². The summed E-state index contributed by atoms with van der Waals surface area (Å²) in [6, 6.07) is 7.67. The van der Waals surface area contributed by atoms with E-state index in [4.69, 9.17) is 14.3 Å². The van der Waals surface area contributed by atoms with Crippen molar-refractivity contribution in [2.24, 2.45) is 5.41 Å². The van der Waals surface area contributed by atoms with Crippen molar-refractivity contribution in [3.63, 3.8) is 0 Å². The number of ether oxygens (including phenoxy) is 2. The van der Waals surface area contributed by atoms with Crippen molar-refractivity contribution in [3.8, 4) is 11.5 Å². The van der Waals surface area contributed by atoms with E-state index < -0.39 is 5.41 Å². The van der Waals surface area contributed by atoms with Crippen LogP contribution in [-0.2, 0) is 9.63 Å². The van der Waals surface area contributed by atoms with Crippen LogP contribution in [0, 0.1) is 5.41 Å². The Morgan fingerprint density at radius 3 is 2.61 bits per heavy atom. The van der Waals surface area contributed by atoms with E-state index in [1.165, 1.54) is 0 Å². The van der Waals surface area contributed by atoms with Crippen molar-refractivity contribution >= 4 is 5.97 Å². The summed E-state index contributed by atoms with van der Waals surface area (Å²) >= 11 is 0. The Hall–Kier alpha value is -1.75. The Kier molecular flexibility index (Phi) is 5.88. The summed E-state index contributed by atoms with van der Waals surface area (Å²) in [5, 5.41) is 1.71. The van der Waals surface area contributed by atoms with Crippen LogP contribution in [0.1, 0.15) is 40.5 Å². The van der Waals surface area contributed by atoms with Gasteiger partial charge in [0.2, 0.25) is 0 Å². The molecule has 1 aromatic rings. The highest BCUT2D eigenvalue weighted by Gasteiger charge is 2.29. The predicted octanol–water partition coefficient (Wildman–Crippen LogP) is 3.43. The van der Waals surface area contributed by atoms with Crippen LogP contribution in [0.2, 0.25) is 0 Å². The maximum atomic E-state index is 12.0. The lowest BCUT2D eigenvalue weighted by Crippen LogP contribution is -2.43. The van der Waals surface area contributed by atoms with E-state index in [1.807, 2.05) is 52.0 Å². The second-order valence-electron chi connectivity index (χ2n) is 6.78. The maximum Gasteiger partial charge on any atom is 0.330 e. The number of benzene rings is 1. The van der Waals surface area contributed by atoms with E-state index in [1.54, 1.807) is 5.06 Å². The molecule has 0 aromatic heterocycles. The first-order chi connectivity index (χ1) is 10.9. The molecule has 23 heavy (non-hydrogen) atoms. The van der Waals surface area contributed by atoms with Gasteiger partial charge in [-0.15, -0.1) is 5.06 Å². The molecule has 0 spiro atoms. The normalized spacial score (nSPS) is 19.2. The number of piperidine rings is 1. The van der Waals surface area contributed by atoms with Crippen LogP contribution in [0.4, 0.5) is 0 Å². The predicted molar refractivity (Wildman–Crippen MR) is 88.4 cm³/mol. The highest BCUT2D eigenvalue weighted by Crippen LogP contribution is 2.29. The molecule has 1 atom stereocenters. The van der Waals surface area contributed by atoms with Crippen LogP contribution in [-0.4, -0.2) is 36.8 Å². The lowest BCUT2D eigenvalue weighted by molar-refractivity contribution is -0.209. The summed E-state index contributed by atoms with van der Waals surface area (Å²) in [6.07, 6.45) is 1.85. The molecule has 1 fully saturated rings. The highest BCUT2D eigenvalue weighted by molar-refractivity contribution is 5.75. The molecule has 2 rings (SSSR count). The molecular formula is C18H27NO4. The van der Waals surface area contributed by atoms with Crippen molar-refractivity contribution in [2.75, 3.05) is 19.7 Å². The minimum Gasteiger partial charge on any atom is -0.490 e. The Labute approximate surface area is 138 Å². The van der Waals surface area contributed by atoms with Gasteiger partial charge in [-0.05, 0) is 52.7 Å². The number of hydroxylamine groups is 2. The van der Waals surface area contributed by atoms with Crippen molar-refractivity contribution in [1.82, 2.24) is 5.06 Å². The van der Waals surface area contributed by atoms with E-state index in [0.717, 1.165) is 30.9 Å². The minimum absolute atomic E-state index is 0.0156. The largest absolute Gasteiger partial charge is 0.490 e. The fraction of sp³-hybridized carbons (Fsp3) is 0.611. The van der Waals surface area contributed by atoms with Gasteiger partial charge in [0.05, 0.1) is 18.6 Å². The topological polar surface area (TPSA) is 48.0 Å². The molecule has 1 unspecified atom stereocenters. The van der Waals surface area contributed by atoms with E-state index in [0.29, 0.717) is 13.2 Å². The number of carbonyl (C=O) groups is 1. The molecule has 1 aromatic carbocycles. The number of para-hydroxylation sites is 2. The van der Waals surface area contributed by atoms with Crippen molar-refractivity contribution in [1.29, 1.82) is 0 Å². The van der Waals surface area contributed by atoms with Gasteiger partial charge < -0.3 is 14.3 Å². The van der Waals surface area contributed by atoms with Crippen molar-refractivity contribution < 1.29 is 19.1 Å². The first-order valence-electron chi connectivity index (χ1n) is 8.26. The first kappa shape index (κ1) is 17.6. The summed E-state index contributed by atoms with van der Waals surface area (Å²) in [4.78, 5) is 17.5. The second kappa shape index (κ2) is 7.68. The summed E-state index contributed by atoms with van der Waals surface area (Å²) in [6.45, 7) is 9.42. The SMILES string of the molecule is CCOc1ccccc1OC1CCCN(OC(=O)C(C)(C)C)C1. The van der Waals surface area contributed by atoms with Gasteiger partial charge >= 0.3 is 5.97 Å². The van der Waals surface area contributed by atoms with Gasteiger partial charge in [-0.25, -0.2) is 4.79 Å². The molecule has 1 heterocycles. The van der Waals surface area contributed by atoms with Crippen LogP contribution < -0.4 is 9.47 Å². The zero-order chi connectivity index (χ0) is 16.9. The lowest BCUT2D eigenvalue weighted by Gasteiger charge is -2.33. The van der Waals surface area contributed by atoms with Gasteiger partial charge in [0, 0.05) is 6.54 Å². The van der Waals surface area contributed by atoms with Gasteiger partial charge in [0.25, 0.3) is 0 Å². The number of carbonyl (C=O) groups excluding carboxylic acids is 1. The summed E-state index contributed by atoms with van der Waals surface area (Å²) in [5.74, 6) is 1.27. The maximum absolute atomic E-state index is 12.0. The summed E-state index contributed by atoms with van der Waals surface area (Å²) in [7, 11) is 0. The molecule has 5 nitrogen and oxygen atoms in total. The Bertz CT molecular complexity index is 524. The molecule has 1 aliphatic heterocycles. The molecule has 128 valence electrons. The van der Waals surface area contributed by atoms with Crippen LogP contribution in [0.15, 0.2) is 24.3 Å². The highest BCUT2D eigenvalue weighted by atomic mass is 16.7. The van der Waals surface area contributed by atoms with Crippen LogP contribution in [0.25, 0.3) is 0 Å². The minimum atomic E-state index is -0.505. The van der Waals surface area contributed by atoms with Crippen LogP contribution >= 0.6 is 0 Å². The molecule has 1 aliphatic rings. The molecule has 0 bridgehead atoms. The number of hydrogen-bond donors (Lipinski definition) is 0. The third kappa shape index (κ3) is 5.13. The zero-order valence-corrected chi connectivity index (χ0v) is 14.5. The van der Waals surface area contributed by atoms with E-state index in [9.17, 15) is 4.79 Å². The molecular weight excluding hydrogens is 294 g/mol. The lowest BCUT2D eigenvalue weighted by atomic mass is 9.98. The molecule has 0 amide bonds. The number of hydrogen-bond acceptors (Lipinski definition) is 5. The van der Waals surface area contributed by atoms with Crippen LogP contribution in [0.3, 0.4) is 0 Å².